The number of nitrogens with two attached hydrogens (primary N) is 2. The van der Waals surface area contributed by atoms with Crippen molar-refractivity contribution in [2.24, 2.45) is 5.92 Å². The van der Waals surface area contributed by atoms with E-state index in [0.29, 0.717) is 18.2 Å². The van der Waals surface area contributed by atoms with E-state index in [2.05, 4.69) is 19.9 Å². The summed E-state index contributed by atoms with van der Waals surface area (Å²) >= 11 is 7.79. The van der Waals surface area contributed by atoms with E-state index in [1.54, 1.807) is 12.3 Å². The highest BCUT2D eigenvalue weighted by Crippen LogP contribution is 2.51. The first-order valence-electron chi connectivity index (χ1n) is 17.4. The number of aromatic nitrogens is 3. The van der Waals surface area contributed by atoms with E-state index in [4.69, 9.17) is 32.5 Å². The van der Waals surface area contributed by atoms with Crippen LogP contribution in [0.3, 0.4) is 0 Å². The number of rotatable bonds is 7. The van der Waals surface area contributed by atoms with Gasteiger partial charge in [0.15, 0.2) is 11.6 Å². The monoisotopic (exact) mass is 780 g/mol. The van der Waals surface area contributed by atoms with Crippen molar-refractivity contribution in [1.29, 1.82) is 5.26 Å². The van der Waals surface area contributed by atoms with Gasteiger partial charge >= 0.3 is 6.01 Å². The lowest BCUT2D eigenvalue weighted by Crippen LogP contribution is -2.31. The van der Waals surface area contributed by atoms with Crippen molar-refractivity contribution in [3.8, 4) is 29.0 Å². The van der Waals surface area contributed by atoms with Crippen LogP contribution in [0.2, 0.25) is 5.02 Å². The molecule has 0 saturated carbocycles. The van der Waals surface area contributed by atoms with E-state index in [1.807, 2.05) is 30.9 Å². The molecule has 3 unspecified atom stereocenters. The second-order valence-electron chi connectivity index (χ2n) is 13.3. The second-order valence-corrected chi connectivity index (χ2v) is 16.5. The molecular formula is C37H39ClF2N8O3S2. The molecule has 4 N–H and O–H groups in total. The van der Waals surface area contributed by atoms with Crippen LogP contribution in [0.4, 0.5) is 25.4 Å². The summed E-state index contributed by atoms with van der Waals surface area (Å²) in [4.78, 5) is 17.6. The molecule has 2 saturated heterocycles. The molecule has 3 aliphatic rings. The summed E-state index contributed by atoms with van der Waals surface area (Å²) in [6.07, 6.45) is 5.68. The Morgan fingerprint density at radius 1 is 1.23 bits per heavy atom. The maximum atomic E-state index is 16.6. The van der Waals surface area contributed by atoms with Gasteiger partial charge in [-0.2, -0.15) is 15.2 Å². The summed E-state index contributed by atoms with van der Waals surface area (Å²) in [6, 6.07) is 8.60. The van der Waals surface area contributed by atoms with E-state index in [9.17, 15) is 13.9 Å². The van der Waals surface area contributed by atoms with Crippen LogP contribution in [0.1, 0.15) is 50.3 Å². The molecule has 3 aromatic heterocycles. The summed E-state index contributed by atoms with van der Waals surface area (Å²) in [7, 11) is 0.824. The van der Waals surface area contributed by atoms with Crippen LogP contribution in [0.15, 0.2) is 30.5 Å². The van der Waals surface area contributed by atoms with Gasteiger partial charge in [0.25, 0.3) is 0 Å². The minimum atomic E-state index is -0.814. The van der Waals surface area contributed by atoms with Crippen molar-refractivity contribution in [3.63, 3.8) is 0 Å². The van der Waals surface area contributed by atoms with E-state index in [1.165, 1.54) is 51.6 Å². The zero-order valence-corrected chi connectivity index (χ0v) is 31.9. The molecular weight excluding hydrogens is 742 g/mol. The van der Waals surface area contributed by atoms with Crippen LogP contribution in [0.25, 0.3) is 32.1 Å². The molecule has 2 fully saturated rings. The number of pyridine rings is 1. The van der Waals surface area contributed by atoms with Gasteiger partial charge in [-0.3, -0.25) is 4.21 Å². The van der Waals surface area contributed by atoms with Crippen LogP contribution < -0.4 is 25.8 Å². The molecule has 53 heavy (non-hydrogen) atoms. The molecule has 3 aliphatic heterocycles. The number of methoxy groups -OCH3 is 1. The number of thiophene rings is 1. The van der Waals surface area contributed by atoms with Gasteiger partial charge in [0.05, 0.1) is 40.4 Å². The number of ether oxygens (including phenoxy) is 2. The van der Waals surface area contributed by atoms with Crippen molar-refractivity contribution in [3.05, 3.63) is 58.2 Å². The fourth-order valence-corrected chi connectivity index (χ4v) is 10.1. The van der Waals surface area contributed by atoms with Crippen molar-refractivity contribution >= 4 is 71.4 Å². The first kappa shape index (κ1) is 37.0. The van der Waals surface area contributed by atoms with Crippen molar-refractivity contribution in [1.82, 2.24) is 19.9 Å². The third-order valence-electron chi connectivity index (χ3n) is 10.3. The Kier molecular flexibility index (Phi) is 10.6. The van der Waals surface area contributed by atoms with Gasteiger partial charge < -0.3 is 30.7 Å². The average Bonchev–Trinajstić information content (AvgIpc) is 3.81. The summed E-state index contributed by atoms with van der Waals surface area (Å²) in [5, 5.41) is 10.2. The number of nitriles is 1. The molecule has 278 valence electrons. The largest absolute Gasteiger partial charge is 0.489 e. The first-order chi connectivity index (χ1) is 25.6. The Morgan fingerprint density at radius 2 is 2.04 bits per heavy atom. The number of nitrogens with zero attached hydrogens (tertiary/aromatic N) is 6. The van der Waals surface area contributed by atoms with E-state index < -0.39 is 22.4 Å². The number of hydrogen-bond acceptors (Lipinski definition) is 12. The van der Waals surface area contributed by atoms with Crippen LogP contribution >= 0.6 is 22.9 Å². The topological polar surface area (TPSA) is 157 Å². The minimum Gasteiger partial charge on any atom is -0.489 e. The minimum absolute atomic E-state index is 0.0341. The van der Waals surface area contributed by atoms with E-state index >= 15 is 4.39 Å². The highest BCUT2D eigenvalue weighted by molar-refractivity contribution is 7.84. The van der Waals surface area contributed by atoms with Crippen LogP contribution in [0, 0.1) is 28.9 Å². The van der Waals surface area contributed by atoms with Crippen molar-refractivity contribution in [2.45, 2.75) is 45.2 Å². The predicted molar refractivity (Wildman–Crippen MR) is 207 cm³/mol. The molecule has 0 amide bonds. The van der Waals surface area contributed by atoms with Crippen molar-refractivity contribution in [2.75, 3.05) is 61.2 Å². The smallest absolute Gasteiger partial charge is 0.318 e. The molecule has 2 aromatic carbocycles. The predicted octanol–water partition coefficient (Wildman–Crippen LogP) is 7.08. The fraction of sp³-hybridized carbons (Fsp3) is 0.405. The highest BCUT2D eigenvalue weighted by Gasteiger charge is 2.36. The molecule has 0 bridgehead atoms. The number of hydrogen-bond donors (Lipinski definition) is 2. The molecule has 0 spiro atoms. The van der Waals surface area contributed by atoms with Gasteiger partial charge in [-0.05, 0) is 56.3 Å². The van der Waals surface area contributed by atoms with Crippen molar-refractivity contribution < 1.29 is 22.5 Å². The molecule has 0 aliphatic carbocycles. The SMILES string of the molecule is CCS(=O)CC1CC2CCCN2C1.COc1nc2c3c(c(Cl)c(-c4ccc(F)c5sc(N)c(C#N)c45)c(F)c3n1)OCCN2[C@H](C)c1cccnc1N. The standard InChI is InChI=1S/C27H20ClF2N7O2S.C10H19NOS/c1-11(12-4-3-7-34-24(12)32)37-8-9-39-22-18-21(35-27(38-2)36-26(18)37)20(30)17(19(22)28)13-5-6-15(29)23-16(13)14(10-31)25(33)40-23;1-2-13(12)8-9-6-10-4-3-5-11(10)7-9/h3-7,11H,8-9,33H2,1-2H3,(H2,32,34);9-10H,2-8H2,1H3/t11-;/m1./s1. The molecule has 4 atom stereocenters. The number of anilines is 3. The second kappa shape index (κ2) is 15.2. The van der Waals surface area contributed by atoms with Gasteiger partial charge in [0, 0.05) is 57.6 Å². The Morgan fingerprint density at radius 3 is 2.75 bits per heavy atom. The lowest BCUT2D eigenvalue weighted by Gasteiger charge is -2.30. The summed E-state index contributed by atoms with van der Waals surface area (Å²) < 4.78 is 54.3. The van der Waals surface area contributed by atoms with Crippen LogP contribution in [-0.4, -0.2) is 75.0 Å². The summed E-state index contributed by atoms with van der Waals surface area (Å²) in [5.41, 5.74) is 12.9. The fourth-order valence-electron chi connectivity index (χ4n) is 7.79. The zero-order valence-electron chi connectivity index (χ0n) is 29.5. The van der Waals surface area contributed by atoms with Crippen LogP contribution in [0.5, 0.6) is 11.8 Å². The average molecular weight is 781 g/mol. The van der Waals surface area contributed by atoms with Gasteiger partial charge in [0.1, 0.15) is 40.6 Å². The molecule has 5 aromatic rings. The maximum absolute atomic E-state index is 16.6. The highest BCUT2D eigenvalue weighted by atomic mass is 35.5. The zero-order chi connectivity index (χ0) is 37.6. The lowest BCUT2D eigenvalue weighted by molar-refractivity contribution is 0.320. The van der Waals surface area contributed by atoms with E-state index in [-0.39, 0.29) is 72.1 Å². The normalized spacial score (nSPS) is 19.2. The molecule has 16 heteroatoms. The van der Waals surface area contributed by atoms with Gasteiger partial charge in [0.2, 0.25) is 0 Å². The molecule has 6 heterocycles. The Bertz CT molecular complexity index is 2270. The quantitative estimate of drug-likeness (QED) is 0.174. The number of fused-ring (bicyclic) bond motifs is 2. The van der Waals surface area contributed by atoms with Crippen LogP contribution in [-0.2, 0) is 10.8 Å². The first-order valence-corrected chi connectivity index (χ1v) is 20.1. The number of nitrogen functional groups attached to an aromatic ring is 2. The summed E-state index contributed by atoms with van der Waals surface area (Å²) in [5.74, 6) is 1.94. The summed E-state index contributed by atoms with van der Waals surface area (Å²) in [6.45, 7) is 6.96. The van der Waals surface area contributed by atoms with Gasteiger partial charge in [-0.25, -0.2) is 13.8 Å². The van der Waals surface area contributed by atoms with Gasteiger partial charge in [-0.15, -0.1) is 11.3 Å². The third-order valence-corrected chi connectivity index (χ3v) is 13.2. The Labute approximate surface area is 317 Å². The Hall–Kier alpha value is -4.36. The third kappa shape index (κ3) is 6.71. The number of halogens is 3. The lowest BCUT2D eigenvalue weighted by atomic mass is 9.96. The maximum Gasteiger partial charge on any atom is 0.318 e. The number of benzene rings is 2. The Balaban J connectivity index is 0.000000281. The van der Waals surface area contributed by atoms with E-state index in [0.717, 1.165) is 40.4 Å². The molecule has 11 nitrogen and oxygen atoms in total. The molecule has 8 rings (SSSR count). The molecule has 0 radical (unpaired) electrons. The van der Waals surface area contributed by atoms with Gasteiger partial charge in [-0.1, -0.05) is 30.7 Å².